The minimum Gasteiger partial charge on any atom is -0.444 e. The predicted octanol–water partition coefficient (Wildman–Crippen LogP) is 5.45. The zero-order valence-corrected chi connectivity index (χ0v) is 31.8. The van der Waals surface area contributed by atoms with Crippen LogP contribution in [0.3, 0.4) is 0 Å². The van der Waals surface area contributed by atoms with Gasteiger partial charge in [-0.25, -0.2) is 29.5 Å². The number of carbonyl (C=O) groups is 2. The quantitative estimate of drug-likeness (QED) is 0.317. The first kappa shape index (κ1) is 36.5. The van der Waals surface area contributed by atoms with Crippen molar-refractivity contribution < 1.29 is 25.9 Å². The highest BCUT2D eigenvalue weighted by molar-refractivity contribution is 9.10. The van der Waals surface area contributed by atoms with Crippen LogP contribution in [-0.4, -0.2) is 132 Å². The first-order valence-electron chi connectivity index (χ1n) is 19.3. The van der Waals surface area contributed by atoms with Gasteiger partial charge in [-0.2, -0.15) is 0 Å². The lowest BCUT2D eigenvalue weighted by molar-refractivity contribution is 0.0514. The van der Waals surface area contributed by atoms with Gasteiger partial charge in [-0.15, -0.1) is 0 Å². The Hall–Kier alpha value is -3.30. The Labute approximate surface area is 316 Å². The summed E-state index contributed by atoms with van der Waals surface area (Å²) < 4.78 is 50.5. The van der Waals surface area contributed by atoms with Crippen molar-refractivity contribution in [3.63, 3.8) is 0 Å². The second kappa shape index (κ2) is 23.2. The van der Waals surface area contributed by atoms with Gasteiger partial charge in [-0.1, -0.05) is 21.3 Å². The lowest BCUT2D eigenvalue weighted by atomic mass is 10.2. The summed E-state index contributed by atoms with van der Waals surface area (Å²) in [5, 5.41) is 5.22. The van der Waals surface area contributed by atoms with Crippen LogP contribution in [0.2, 0.25) is 0 Å². The molecule has 2 amide bonds. The number of halogens is 1. The number of alkyl carbamates (subject to hydrolysis) is 2. The molecule has 2 aliphatic heterocycles. The fraction of sp³-hybridized carbons (Fsp3) is 0.714. The molecule has 0 aliphatic carbocycles. The summed E-state index contributed by atoms with van der Waals surface area (Å²) >= 11 is 3.32. The number of piperazine rings is 2. The molecule has 2 aromatic rings. The molecule has 4 heterocycles. The SMILES string of the molecule is C.[2H]C([2H])(CCNC(=O)OC(C)(C)C)N1CCN(c2ncc(Br)cn2)CC1.[2H]C([2H])(CCNC(=O)OC(C)(C)C)N1CCN(c2ncccn2)CC1.[2H]CC. The summed E-state index contributed by atoms with van der Waals surface area (Å²) in [6.45, 7) is 15.5. The van der Waals surface area contributed by atoms with E-state index in [9.17, 15) is 9.59 Å². The lowest BCUT2D eigenvalue weighted by Crippen LogP contribution is -2.47. The largest absolute Gasteiger partial charge is 0.444 e. The lowest BCUT2D eigenvalue weighted by Gasteiger charge is -2.34. The molecule has 4 rings (SSSR count). The number of nitrogens with zero attached hydrogens (tertiary/aromatic N) is 8. The molecule has 0 atom stereocenters. The molecule has 15 heteroatoms. The van der Waals surface area contributed by atoms with Crippen molar-refractivity contribution in [3.05, 3.63) is 35.3 Å². The molecular weight excluding hydrogens is 704 g/mol. The summed E-state index contributed by atoms with van der Waals surface area (Å²) in [7, 11) is 0. The van der Waals surface area contributed by atoms with E-state index in [0.29, 0.717) is 71.2 Å². The maximum absolute atomic E-state index is 11.7. The smallest absolute Gasteiger partial charge is 0.407 e. The third-order valence-electron chi connectivity index (χ3n) is 6.54. The van der Waals surface area contributed by atoms with Gasteiger partial charge in [0.1, 0.15) is 11.2 Å². The number of carbonyl (C=O) groups excluding carboxylic acids is 2. The first-order chi connectivity index (χ1) is 25.2. The third kappa shape index (κ3) is 19.2. The Morgan fingerprint density at radius 2 is 1.12 bits per heavy atom. The molecule has 14 nitrogen and oxygen atoms in total. The van der Waals surface area contributed by atoms with Crippen LogP contribution < -0.4 is 20.4 Å². The number of rotatable bonds is 10. The van der Waals surface area contributed by atoms with Crippen molar-refractivity contribution in [1.82, 2.24) is 40.4 Å². The maximum Gasteiger partial charge on any atom is 0.407 e. The molecule has 2 aromatic heterocycles. The molecule has 50 heavy (non-hydrogen) atoms. The average Bonchev–Trinajstić information content (AvgIpc) is 3.08. The van der Waals surface area contributed by atoms with Crippen LogP contribution in [0.15, 0.2) is 35.3 Å². The van der Waals surface area contributed by atoms with E-state index in [4.69, 9.17) is 16.3 Å². The van der Waals surface area contributed by atoms with E-state index in [1.165, 1.54) is 0 Å². The van der Waals surface area contributed by atoms with Gasteiger partial charge in [-0.05, 0) is 89.4 Å². The molecule has 0 saturated carbocycles. The van der Waals surface area contributed by atoms with Gasteiger partial charge in [0.15, 0.2) is 0 Å². The molecular formula is C35H63BrN10O4. The zero-order chi connectivity index (χ0) is 40.6. The van der Waals surface area contributed by atoms with Crippen LogP contribution in [-0.2, 0) is 9.47 Å². The Bertz CT molecular complexity index is 1390. The second-order valence-corrected chi connectivity index (χ2v) is 13.8. The summed E-state index contributed by atoms with van der Waals surface area (Å²) in [4.78, 5) is 48.0. The van der Waals surface area contributed by atoms with Crippen LogP contribution in [0.4, 0.5) is 21.5 Å². The van der Waals surface area contributed by atoms with Gasteiger partial charge in [-0.3, -0.25) is 9.80 Å². The standard InChI is InChI=1S/C16H26BrN5O2.C16H27N5O2.C2H6.CH4/c1-16(2,3)24-15(23)18-5-4-6-21-7-9-22(10-8-21)14-19-11-13(17)12-20-14;1-16(2,3)23-15(22)19-8-5-9-20-10-12-21(13-11-20)14-17-6-4-7-18-14;1-2;/h11-12H,4-10H2,1-3H3,(H,18,23);4,6-7H,5,8-13H2,1-3H3,(H,19,22);1-2H3;1H4/i6D2;9D2;1D;. The van der Waals surface area contributed by atoms with E-state index in [2.05, 4.69) is 46.5 Å². The van der Waals surface area contributed by atoms with Gasteiger partial charge >= 0.3 is 12.2 Å². The average molecular weight is 773 g/mol. The summed E-state index contributed by atoms with van der Waals surface area (Å²) in [5.41, 5.74) is -1.12. The van der Waals surface area contributed by atoms with E-state index in [-0.39, 0.29) is 33.4 Å². The molecule has 2 saturated heterocycles. The summed E-state index contributed by atoms with van der Waals surface area (Å²) in [6, 6.07) is 1.77. The molecule has 0 radical (unpaired) electrons. The monoisotopic (exact) mass is 771 g/mol. The highest BCUT2D eigenvalue weighted by atomic mass is 79.9. The zero-order valence-electron chi connectivity index (χ0n) is 35.2. The molecule has 2 fully saturated rings. The normalized spacial score (nSPS) is 17.3. The van der Waals surface area contributed by atoms with E-state index in [1.54, 1.807) is 89.1 Å². The topological polar surface area (TPSA) is 141 Å². The minimum absolute atomic E-state index is 0. The number of aromatic nitrogens is 4. The first-order valence-corrected chi connectivity index (χ1v) is 17.4. The van der Waals surface area contributed by atoms with E-state index in [0.717, 1.165) is 4.47 Å². The molecule has 0 spiro atoms. The van der Waals surface area contributed by atoms with Crippen molar-refractivity contribution in [2.75, 3.05) is 88.2 Å². The van der Waals surface area contributed by atoms with Crippen molar-refractivity contribution in [2.45, 2.75) is 86.8 Å². The van der Waals surface area contributed by atoms with Crippen molar-refractivity contribution in [1.29, 1.82) is 0 Å². The van der Waals surface area contributed by atoms with Gasteiger partial charge in [0, 0.05) is 97.1 Å². The van der Waals surface area contributed by atoms with Crippen molar-refractivity contribution in [3.8, 4) is 0 Å². The van der Waals surface area contributed by atoms with Gasteiger partial charge in [0.2, 0.25) is 11.9 Å². The maximum atomic E-state index is 11.7. The predicted molar refractivity (Wildman–Crippen MR) is 205 cm³/mol. The number of hydrogen-bond donors (Lipinski definition) is 2. The molecule has 2 N–H and O–H groups in total. The van der Waals surface area contributed by atoms with Crippen molar-refractivity contribution >= 4 is 40.0 Å². The number of anilines is 2. The Morgan fingerprint density at radius 3 is 1.48 bits per heavy atom. The number of ether oxygens (including phenoxy) is 2. The van der Waals surface area contributed by atoms with Crippen LogP contribution in [0.25, 0.3) is 0 Å². The highest BCUT2D eigenvalue weighted by Crippen LogP contribution is 2.14. The van der Waals surface area contributed by atoms with E-state index in [1.807, 2.05) is 9.80 Å². The Kier molecular flexibility index (Phi) is 17.0. The van der Waals surface area contributed by atoms with E-state index < -0.39 is 36.4 Å². The highest BCUT2D eigenvalue weighted by Gasteiger charge is 2.21. The third-order valence-corrected chi connectivity index (χ3v) is 6.95. The van der Waals surface area contributed by atoms with Crippen LogP contribution in [0.1, 0.15) is 82.5 Å². The summed E-state index contributed by atoms with van der Waals surface area (Å²) in [6.07, 6.45) is 6.17. The molecule has 2 aliphatic rings. The van der Waals surface area contributed by atoms with Crippen LogP contribution >= 0.6 is 15.9 Å². The molecule has 0 aromatic carbocycles. The molecule has 0 unspecified atom stereocenters. The van der Waals surface area contributed by atoms with E-state index >= 15 is 0 Å². The minimum atomic E-state index is -1.50. The molecule has 0 bridgehead atoms. The number of amides is 2. The molecule has 284 valence electrons. The van der Waals surface area contributed by atoms with Gasteiger partial charge in [0.05, 0.1) is 4.47 Å². The van der Waals surface area contributed by atoms with Crippen LogP contribution in [0, 0.1) is 0 Å². The van der Waals surface area contributed by atoms with Crippen molar-refractivity contribution in [2.24, 2.45) is 0 Å². The second-order valence-electron chi connectivity index (χ2n) is 12.9. The Balaban J connectivity index is 0.000000505. The van der Waals surface area contributed by atoms with Crippen LogP contribution in [0.5, 0.6) is 0 Å². The summed E-state index contributed by atoms with van der Waals surface area (Å²) in [5.74, 6) is 1.33. The fourth-order valence-electron chi connectivity index (χ4n) is 4.44. The Morgan fingerprint density at radius 1 is 0.760 bits per heavy atom. The number of nitrogens with one attached hydrogen (secondary N) is 2. The van der Waals surface area contributed by atoms with Gasteiger partial charge in [0.25, 0.3) is 0 Å². The van der Waals surface area contributed by atoms with Gasteiger partial charge < -0.3 is 29.9 Å². The fourth-order valence-corrected chi connectivity index (χ4v) is 4.64. The number of hydrogen-bond acceptors (Lipinski definition) is 12.